The summed E-state index contributed by atoms with van der Waals surface area (Å²) in [7, 11) is -4.08. The topological polar surface area (TPSA) is 136 Å². The van der Waals surface area contributed by atoms with Crippen LogP contribution in [0.25, 0.3) is 5.69 Å². The van der Waals surface area contributed by atoms with Gasteiger partial charge in [-0.15, -0.1) is 4.74 Å². The molecule has 1 aromatic heterocycles. The number of hydrogen-bond donors (Lipinski definition) is 1. The first kappa shape index (κ1) is 21.4. The van der Waals surface area contributed by atoms with Crippen LogP contribution in [0.2, 0.25) is 0 Å². The molecular weight excluding hydrogens is 422 g/mol. The maximum atomic E-state index is 13.0. The molecule has 1 aromatic carbocycles. The summed E-state index contributed by atoms with van der Waals surface area (Å²) in [5, 5.41) is 11.5. The van der Waals surface area contributed by atoms with E-state index in [1.54, 1.807) is 13.0 Å². The summed E-state index contributed by atoms with van der Waals surface area (Å²) in [4.78, 5) is 25.9. The Morgan fingerprint density at radius 3 is 2.62 bits per heavy atom. The minimum Gasteiger partial charge on any atom is -0.353 e. The Bertz CT molecular complexity index is 1070. The van der Waals surface area contributed by atoms with Crippen molar-refractivity contribution in [2.75, 3.05) is 29.5 Å². The van der Waals surface area contributed by atoms with E-state index in [4.69, 9.17) is 9.08 Å². The van der Waals surface area contributed by atoms with Crippen LogP contribution >= 0.6 is 11.8 Å². The van der Waals surface area contributed by atoms with Crippen LogP contribution in [0.1, 0.15) is 24.0 Å². The Kier molecular flexibility index (Phi) is 6.34. The van der Waals surface area contributed by atoms with E-state index in [0.717, 1.165) is 17.6 Å². The maximum absolute atomic E-state index is 13.0. The predicted molar refractivity (Wildman–Crippen MR) is 110 cm³/mol. The summed E-state index contributed by atoms with van der Waals surface area (Å²) in [6.07, 6.45) is 1.88. The predicted octanol–water partition coefficient (Wildman–Crippen LogP) is 2.37. The molecule has 0 aliphatic carbocycles. The first-order valence-electron chi connectivity index (χ1n) is 8.96. The lowest BCUT2D eigenvalue weighted by atomic mass is 10.2. The SMILES string of the molecule is Cc1ccc(-n2oc(N3CCCC3)c(CSCCS(=O)(=O)O)c2=O)c([N+](=O)[O-])c1. The second kappa shape index (κ2) is 8.59. The molecule has 29 heavy (non-hydrogen) atoms. The molecule has 0 atom stereocenters. The number of anilines is 1. The van der Waals surface area contributed by atoms with Crippen LogP contribution < -0.4 is 10.5 Å². The molecule has 2 aromatic rings. The van der Waals surface area contributed by atoms with Crippen molar-refractivity contribution in [1.29, 1.82) is 0 Å². The fraction of sp³-hybridized carbons (Fsp3) is 0.471. The van der Waals surface area contributed by atoms with Crippen LogP contribution in [0.5, 0.6) is 0 Å². The van der Waals surface area contributed by atoms with Crippen molar-refractivity contribution in [3.05, 3.63) is 49.8 Å². The number of benzene rings is 1. The zero-order chi connectivity index (χ0) is 21.2. The van der Waals surface area contributed by atoms with Gasteiger partial charge >= 0.3 is 0 Å². The Morgan fingerprint density at radius 2 is 2.00 bits per heavy atom. The second-order valence-electron chi connectivity index (χ2n) is 6.76. The van der Waals surface area contributed by atoms with Gasteiger partial charge in [0.25, 0.3) is 21.4 Å². The van der Waals surface area contributed by atoms with Crippen molar-refractivity contribution in [2.45, 2.75) is 25.5 Å². The molecule has 0 spiro atoms. The minimum atomic E-state index is -4.08. The van der Waals surface area contributed by atoms with Gasteiger partial charge in [-0.3, -0.25) is 19.5 Å². The molecule has 1 saturated heterocycles. The second-order valence-corrected chi connectivity index (χ2v) is 9.43. The number of nitrogens with zero attached hydrogens (tertiary/aromatic N) is 3. The van der Waals surface area contributed by atoms with E-state index in [1.807, 2.05) is 4.90 Å². The van der Waals surface area contributed by atoms with Crippen LogP contribution in [0, 0.1) is 17.0 Å². The third-order valence-corrected chi connectivity index (χ3v) is 6.51. The summed E-state index contributed by atoms with van der Waals surface area (Å²) < 4.78 is 37.4. The van der Waals surface area contributed by atoms with Gasteiger partial charge in [-0.25, -0.2) is 0 Å². The van der Waals surface area contributed by atoms with E-state index >= 15 is 0 Å². The van der Waals surface area contributed by atoms with E-state index in [1.165, 1.54) is 23.9 Å². The molecule has 0 bridgehead atoms. The van der Waals surface area contributed by atoms with E-state index in [2.05, 4.69) is 0 Å². The normalized spacial score (nSPS) is 14.5. The third kappa shape index (κ3) is 5.00. The van der Waals surface area contributed by atoms with Crippen LogP contribution in [0.4, 0.5) is 11.6 Å². The number of thioether (sulfide) groups is 1. The summed E-state index contributed by atoms with van der Waals surface area (Å²) in [5.74, 6) is 0.192. The molecule has 1 aliphatic rings. The summed E-state index contributed by atoms with van der Waals surface area (Å²) >= 11 is 1.17. The van der Waals surface area contributed by atoms with E-state index < -0.39 is 26.4 Å². The Balaban J connectivity index is 1.99. The smallest absolute Gasteiger partial charge is 0.296 e. The van der Waals surface area contributed by atoms with Crippen LogP contribution in [-0.2, 0) is 15.9 Å². The molecule has 0 saturated carbocycles. The van der Waals surface area contributed by atoms with Gasteiger partial charge in [0.15, 0.2) is 5.69 Å². The zero-order valence-corrected chi connectivity index (χ0v) is 17.4. The van der Waals surface area contributed by atoms with Gasteiger partial charge in [-0.05, 0) is 31.4 Å². The molecule has 158 valence electrons. The third-order valence-electron chi connectivity index (χ3n) is 4.55. The highest BCUT2D eigenvalue weighted by Gasteiger charge is 2.28. The van der Waals surface area contributed by atoms with Gasteiger partial charge in [0.1, 0.15) is 0 Å². The number of hydrogen-bond acceptors (Lipinski definition) is 8. The van der Waals surface area contributed by atoms with Crippen LogP contribution in [0.15, 0.2) is 27.5 Å². The minimum absolute atomic E-state index is 0.0419. The van der Waals surface area contributed by atoms with Gasteiger partial charge in [-0.2, -0.15) is 20.2 Å². The first-order valence-corrected chi connectivity index (χ1v) is 11.7. The summed E-state index contributed by atoms with van der Waals surface area (Å²) in [6.45, 7) is 3.12. The van der Waals surface area contributed by atoms with Crippen LogP contribution in [0.3, 0.4) is 0 Å². The average Bonchev–Trinajstić information content (AvgIpc) is 3.26. The van der Waals surface area contributed by atoms with Gasteiger partial charge in [0.05, 0.1) is 16.2 Å². The van der Waals surface area contributed by atoms with Crippen molar-refractivity contribution in [3.8, 4) is 5.69 Å². The Hall–Kier alpha value is -2.31. The fourth-order valence-corrected chi connectivity index (χ4v) is 5.05. The highest BCUT2D eigenvalue weighted by molar-refractivity contribution is 7.99. The molecule has 1 aliphatic heterocycles. The average molecular weight is 444 g/mol. The van der Waals surface area contributed by atoms with E-state index in [-0.39, 0.29) is 22.9 Å². The van der Waals surface area contributed by atoms with Crippen molar-refractivity contribution < 1.29 is 22.4 Å². The zero-order valence-electron chi connectivity index (χ0n) is 15.7. The van der Waals surface area contributed by atoms with Crippen molar-refractivity contribution in [2.24, 2.45) is 0 Å². The molecule has 1 fully saturated rings. The largest absolute Gasteiger partial charge is 0.353 e. The number of nitro groups is 1. The van der Waals surface area contributed by atoms with Gasteiger partial charge in [0, 0.05) is 30.7 Å². The van der Waals surface area contributed by atoms with Crippen molar-refractivity contribution in [1.82, 2.24) is 4.74 Å². The standard InChI is InChI=1S/C17H21N3O7S2/c1-12-4-5-14(15(10-12)20(22)23)19-16(21)13(11-28-8-9-29(24,25)26)17(27-19)18-6-2-3-7-18/h4-5,10H,2-3,6-9,11H2,1H3,(H,24,25,26). The molecule has 10 nitrogen and oxygen atoms in total. The molecule has 0 radical (unpaired) electrons. The number of rotatable bonds is 8. The van der Waals surface area contributed by atoms with Gasteiger partial charge in [-0.1, -0.05) is 6.07 Å². The molecule has 0 amide bonds. The lowest BCUT2D eigenvalue weighted by Gasteiger charge is -2.14. The number of aromatic nitrogens is 1. The van der Waals surface area contributed by atoms with Crippen LogP contribution in [-0.4, -0.2) is 47.2 Å². The summed E-state index contributed by atoms with van der Waals surface area (Å²) in [6, 6.07) is 4.51. The van der Waals surface area contributed by atoms with Crippen molar-refractivity contribution >= 4 is 33.5 Å². The van der Waals surface area contributed by atoms with E-state index in [0.29, 0.717) is 30.1 Å². The molecular formula is C17H21N3O7S2. The van der Waals surface area contributed by atoms with Crippen molar-refractivity contribution in [3.63, 3.8) is 0 Å². The lowest BCUT2D eigenvalue weighted by molar-refractivity contribution is -0.384. The fourth-order valence-electron chi connectivity index (χ4n) is 3.14. The highest BCUT2D eigenvalue weighted by Crippen LogP contribution is 2.30. The Morgan fingerprint density at radius 1 is 1.31 bits per heavy atom. The van der Waals surface area contributed by atoms with Gasteiger partial charge in [0.2, 0.25) is 5.88 Å². The number of aryl methyl sites for hydroxylation is 1. The maximum Gasteiger partial charge on any atom is 0.296 e. The molecule has 2 heterocycles. The monoisotopic (exact) mass is 443 g/mol. The van der Waals surface area contributed by atoms with Gasteiger partial charge < -0.3 is 9.42 Å². The van der Waals surface area contributed by atoms with E-state index in [9.17, 15) is 23.3 Å². The number of nitro benzene ring substituents is 1. The lowest BCUT2D eigenvalue weighted by Crippen LogP contribution is -2.20. The first-order chi connectivity index (χ1) is 13.7. The Labute approximate surface area is 171 Å². The quantitative estimate of drug-likeness (QED) is 0.282. The molecule has 1 N–H and O–H groups in total. The molecule has 12 heteroatoms. The molecule has 3 rings (SSSR count). The highest BCUT2D eigenvalue weighted by atomic mass is 32.2. The molecule has 0 unspecified atom stereocenters. The summed E-state index contributed by atoms with van der Waals surface area (Å²) in [5.41, 5.74) is 0.292.